The van der Waals surface area contributed by atoms with Crippen LogP contribution in [0.3, 0.4) is 0 Å². The highest BCUT2D eigenvalue weighted by molar-refractivity contribution is 7.99. The minimum absolute atomic E-state index is 0.00921. The highest BCUT2D eigenvalue weighted by Crippen LogP contribution is 2.23. The summed E-state index contributed by atoms with van der Waals surface area (Å²) in [6, 6.07) is 0.00921. The number of nitrogens with zero attached hydrogens (tertiary/aromatic N) is 3. The molecule has 2 heterocycles. The van der Waals surface area contributed by atoms with E-state index >= 15 is 0 Å². The Kier molecular flexibility index (Phi) is 4.31. The van der Waals surface area contributed by atoms with Gasteiger partial charge in [-0.05, 0) is 6.92 Å². The summed E-state index contributed by atoms with van der Waals surface area (Å²) in [5, 5.41) is 12.7. The summed E-state index contributed by atoms with van der Waals surface area (Å²) < 4.78 is 27.8. The van der Waals surface area contributed by atoms with Crippen LogP contribution >= 0.6 is 11.8 Å². The van der Waals surface area contributed by atoms with Crippen LogP contribution in [0.4, 0.5) is 0 Å². The minimum Gasteiger partial charge on any atom is -0.394 e. The molecule has 0 aromatic carbocycles. The van der Waals surface area contributed by atoms with Gasteiger partial charge in [-0.15, -0.1) is 0 Å². The first kappa shape index (κ1) is 13.9. The van der Waals surface area contributed by atoms with Gasteiger partial charge < -0.3 is 5.11 Å². The van der Waals surface area contributed by atoms with Crippen molar-refractivity contribution in [3.63, 3.8) is 0 Å². The average molecular weight is 291 g/mol. The maximum atomic E-state index is 12.4. The lowest BCUT2D eigenvalue weighted by molar-refractivity contribution is 0.269. The molecule has 18 heavy (non-hydrogen) atoms. The number of hydrogen-bond donors (Lipinski definition) is 1. The maximum Gasteiger partial charge on any atom is 0.246 e. The number of thioether (sulfide) groups is 1. The normalized spacial score (nSPS) is 22.2. The van der Waals surface area contributed by atoms with Crippen LogP contribution in [0.5, 0.6) is 0 Å². The summed E-state index contributed by atoms with van der Waals surface area (Å²) in [5.74, 6) is 1.65. The molecule has 6 nitrogen and oxygen atoms in total. The van der Waals surface area contributed by atoms with E-state index in [1.165, 1.54) is 21.4 Å². The smallest absolute Gasteiger partial charge is 0.246 e. The van der Waals surface area contributed by atoms with E-state index in [1.54, 1.807) is 11.8 Å². The van der Waals surface area contributed by atoms with Gasteiger partial charge >= 0.3 is 0 Å². The Balaban J connectivity index is 2.23. The van der Waals surface area contributed by atoms with Crippen molar-refractivity contribution in [2.24, 2.45) is 0 Å². The summed E-state index contributed by atoms with van der Waals surface area (Å²) in [5.41, 5.74) is 0. The van der Waals surface area contributed by atoms with Crippen LogP contribution in [0.25, 0.3) is 0 Å². The largest absolute Gasteiger partial charge is 0.394 e. The van der Waals surface area contributed by atoms with Gasteiger partial charge in [-0.3, -0.25) is 4.68 Å². The van der Waals surface area contributed by atoms with Gasteiger partial charge in [-0.2, -0.15) is 21.2 Å². The lowest BCUT2D eigenvalue weighted by Gasteiger charge is -2.31. The fraction of sp³-hybridized carbons (Fsp3) is 0.700. The Morgan fingerprint density at radius 3 is 3.06 bits per heavy atom. The molecule has 0 radical (unpaired) electrons. The zero-order chi connectivity index (χ0) is 13.2. The van der Waals surface area contributed by atoms with Gasteiger partial charge in [-0.25, -0.2) is 8.42 Å². The molecule has 1 atom stereocenters. The Morgan fingerprint density at radius 2 is 2.39 bits per heavy atom. The van der Waals surface area contributed by atoms with Gasteiger partial charge in [0.2, 0.25) is 10.0 Å². The standard InChI is InChI=1S/C10H17N3O3S2/c1-9-8-17-5-3-13(9)18(15,16)10-6-11-12(7-10)2-4-14/h6-7,9,14H,2-5,8H2,1H3. The van der Waals surface area contributed by atoms with Crippen LogP contribution < -0.4 is 0 Å². The molecule has 1 aliphatic heterocycles. The maximum absolute atomic E-state index is 12.4. The van der Waals surface area contributed by atoms with Crippen molar-refractivity contribution in [1.82, 2.24) is 14.1 Å². The van der Waals surface area contributed by atoms with E-state index in [0.29, 0.717) is 13.1 Å². The van der Waals surface area contributed by atoms with E-state index in [-0.39, 0.29) is 17.5 Å². The van der Waals surface area contributed by atoms with Crippen LogP contribution in [0, 0.1) is 0 Å². The highest BCUT2D eigenvalue weighted by Gasteiger charge is 2.32. The molecule has 1 aromatic heterocycles. The third-order valence-corrected chi connectivity index (χ3v) is 6.01. The third-order valence-electron chi connectivity index (χ3n) is 2.85. The predicted molar refractivity (Wildman–Crippen MR) is 70.0 cm³/mol. The van der Waals surface area contributed by atoms with Crippen molar-refractivity contribution in [3.8, 4) is 0 Å². The summed E-state index contributed by atoms with van der Waals surface area (Å²) in [6.07, 6.45) is 2.82. The lowest BCUT2D eigenvalue weighted by Crippen LogP contribution is -2.44. The molecular formula is C10H17N3O3S2. The van der Waals surface area contributed by atoms with Crippen molar-refractivity contribution >= 4 is 21.8 Å². The molecule has 0 aliphatic carbocycles. The predicted octanol–water partition coefficient (Wildman–Crippen LogP) is 0.00140. The topological polar surface area (TPSA) is 75.4 Å². The molecule has 1 N–H and O–H groups in total. The monoisotopic (exact) mass is 291 g/mol. The summed E-state index contributed by atoms with van der Waals surface area (Å²) in [7, 11) is -3.45. The number of hydrogen-bond acceptors (Lipinski definition) is 5. The van der Waals surface area contributed by atoms with Crippen molar-refractivity contribution in [2.45, 2.75) is 24.4 Å². The second-order valence-corrected chi connectivity index (χ2v) is 7.24. The molecule has 0 spiro atoms. The van der Waals surface area contributed by atoms with E-state index < -0.39 is 10.0 Å². The SMILES string of the molecule is CC1CSCCN1S(=O)(=O)c1cnn(CCO)c1. The van der Waals surface area contributed by atoms with Crippen molar-refractivity contribution in [2.75, 3.05) is 24.7 Å². The first-order chi connectivity index (χ1) is 8.55. The Hall–Kier alpha value is -0.570. The Bertz CT molecular complexity index is 500. The van der Waals surface area contributed by atoms with Crippen LogP contribution in [0.1, 0.15) is 6.92 Å². The number of aromatic nitrogens is 2. The average Bonchev–Trinajstić information content (AvgIpc) is 2.79. The zero-order valence-corrected chi connectivity index (χ0v) is 11.8. The molecule has 1 aromatic rings. The summed E-state index contributed by atoms with van der Waals surface area (Å²) in [6.45, 7) is 2.71. The van der Waals surface area contributed by atoms with Crippen LogP contribution in [0.2, 0.25) is 0 Å². The lowest BCUT2D eigenvalue weighted by atomic mass is 10.4. The number of aliphatic hydroxyl groups excluding tert-OH is 1. The minimum atomic E-state index is -3.45. The van der Waals surface area contributed by atoms with Crippen molar-refractivity contribution in [3.05, 3.63) is 12.4 Å². The number of rotatable bonds is 4. The van der Waals surface area contributed by atoms with Crippen molar-refractivity contribution < 1.29 is 13.5 Å². The fourth-order valence-electron chi connectivity index (χ4n) is 1.91. The van der Waals surface area contributed by atoms with Crippen LogP contribution in [0.15, 0.2) is 17.3 Å². The van der Waals surface area contributed by atoms with Gasteiger partial charge in [0, 0.05) is 30.3 Å². The van der Waals surface area contributed by atoms with E-state index in [0.717, 1.165) is 11.5 Å². The Labute approximate surface area is 111 Å². The van der Waals surface area contributed by atoms with Crippen molar-refractivity contribution in [1.29, 1.82) is 0 Å². The first-order valence-electron chi connectivity index (χ1n) is 5.78. The molecular weight excluding hydrogens is 274 g/mol. The quantitative estimate of drug-likeness (QED) is 0.845. The molecule has 1 fully saturated rings. The molecule has 1 unspecified atom stereocenters. The Morgan fingerprint density at radius 1 is 1.61 bits per heavy atom. The second-order valence-electron chi connectivity index (χ2n) is 4.20. The third kappa shape index (κ3) is 2.71. The van der Waals surface area contributed by atoms with Gasteiger partial charge in [0.15, 0.2) is 0 Å². The second kappa shape index (κ2) is 5.60. The molecule has 0 saturated carbocycles. The summed E-state index contributed by atoms with van der Waals surface area (Å²) >= 11 is 1.77. The molecule has 0 bridgehead atoms. The van der Waals surface area contributed by atoms with E-state index in [2.05, 4.69) is 5.10 Å². The first-order valence-corrected chi connectivity index (χ1v) is 8.38. The van der Waals surface area contributed by atoms with Gasteiger partial charge in [-0.1, -0.05) is 0 Å². The molecule has 8 heteroatoms. The molecule has 1 aliphatic rings. The molecule has 1 saturated heterocycles. The zero-order valence-electron chi connectivity index (χ0n) is 10.2. The highest BCUT2D eigenvalue weighted by atomic mass is 32.2. The number of sulfonamides is 1. The molecule has 102 valence electrons. The van der Waals surface area contributed by atoms with E-state index in [9.17, 15) is 8.42 Å². The van der Waals surface area contributed by atoms with E-state index in [4.69, 9.17) is 5.11 Å². The molecule has 2 rings (SSSR count). The molecule has 0 amide bonds. The summed E-state index contributed by atoms with van der Waals surface area (Å²) in [4.78, 5) is 0.203. The van der Waals surface area contributed by atoms with Crippen LogP contribution in [-0.4, -0.2) is 58.3 Å². The fourth-order valence-corrected chi connectivity index (χ4v) is 4.72. The van der Waals surface area contributed by atoms with E-state index in [1.807, 2.05) is 6.92 Å². The van der Waals surface area contributed by atoms with Gasteiger partial charge in [0.05, 0.1) is 19.3 Å². The van der Waals surface area contributed by atoms with Gasteiger partial charge in [0.1, 0.15) is 4.90 Å². The van der Waals surface area contributed by atoms with Gasteiger partial charge in [0.25, 0.3) is 0 Å². The van der Waals surface area contributed by atoms with Crippen LogP contribution in [-0.2, 0) is 16.6 Å². The number of aliphatic hydroxyl groups is 1.